The molecule has 2 heterocycles. The highest BCUT2D eigenvalue weighted by atomic mass is 35.5. The van der Waals surface area contributed by atoms with Gasteiger partial charge in [0, 0.05) is 13.1 Å². The van der Waals surface area contributed by atoms with Gasteiger partial charge in [0.25, 0.3) is 0 Å². The quantitative estimate of drug-likeness (QED) is 0.780. The van der Waals surface area contributed by atoms with Gasteiger partial charge in [-0.05, 0) is 44.3 Å². The highest BCUT2D eigenvalue weighted by molar-refractivity contribution is 7.89. The summed E-state index contributed by atoms with van der Waals surface area (Å²) in [6.07, 6.45) is 3.02. The number of sulfonamides is 1. The van der Waals surface area contributed by atoms with Gasteiger partial charge in [0.15, 0.2) is 0 Å². The Kier molecular flexibility index (Phi) is 6.35. The van der Waals surface area contributed by atoms with Gasteiger partial charge in [-0.25, -0.2) is 8.42 Å². The van der Waals surface area contributed by atoms with E-state index in [0.29, 0.717) is 23.3 Å². The van der Waals surface area contributed by atoms with Crippen LogP contribution < -0.4 is 5.32 Å². The van der Waals surface area contributed by atoms with E-state index in [1.165, 1.54) is 6.07 Å². The molecule has 1 saturated heterocycles. The number of piperidine rings is 1. The minimum absolute atomic E-state index is 0.140. The number of hydrogen-bond donors (Lipinski definition) is 1. The fraction of sp³-hybridized carbons (Fsp3) is 0.692. The molecule has 0 radical (unpaired) electrons. The highest BCUT2D eigenvalue weighted by Gasteiger charge is 2.32. The van der Waals surface area contributed by atoms with Crippen molar-refractivity contribution in [2.24, 2.45) is 5.92 Å². The maximum Gasteiger partial charge on any atom is 0.245 e. The molecule has 0 amide bonds. The van der Waals surface area contributed by atoms with E-state index in [-0.39, 0.29) is 9.23 Å². The first-order chi connectivity index (χ1) is 9.95. The molecule has 4 nitrogen and oxygen atoms in total. The number of nitrogens with one attached hydrogen (secondary N) is 1. The van der Waals surface area contributed by atoms with E-state index in [9.17, 15) is 8.42 Å². The number of halogens is 2. The van der Waals surface area contributed by atoms with Crippen molar-refractivity contribution in [1.82, 2.24) is 9.62 Å². The molecule has 1 aliphatic heterocycles. The maximum atomic E-state index is 12.7. The average molecular weight is 371 g/mol. The lowest BCUT2D eigenvalue weighted by Crippen LogP contribution is -2.42. The molecule has 0 spiro atoms. The molecule has 0 aliphatic carbocycles. The van der Waals surface area contributed by atoms with Crippen LogP contribution in [0.4, 0.5) is 0 Å². The van der Waals surface area contributed by atoms with Gasteiger partial charge in [-0.3, -0.25) is 0 Å². The molecule has 1 aromatic heterocycles. The summed E-state index contributed by atoms with van der Waals surface area (Å²) in [6, 6.07) is 1.45. The van der Waals surface area contributed by atoms with Crippen molar-refractivity contribution in [3.05, 3.63) is 14.7 Å². The normalized spacial score (nSPS) is 20.8. The molecule has 1 atom stereocenters. The van der Waals surface area contributed by atoms with Gasteiger partial charge < -0.3 is 5.32 Å². The molecule has 21 heavy (non-hydrogen) atoms. The summed E-state index contributed by atoms with van der Waals surface area (Å²) in [6.45, 7) is 5.04. The predicted molar refractivity (Wildman–Crippen MR) is 89.0 cm³/mol. The van der Waals surface area contributed by atoms with Crippen LogP contribution in [0.2, 0.25) is 8.67 Å². The third kappa shape index (κ3) is 4.33. The number of thiophene rings is 1. The summed E-state index contributed by atoms with van der Waals surface area (Å²) in [5.41, 5.74) is 0. The van der Waals surface area contributed by atoms with E-state index in [1.807, 2.05) is 0 Å². The minimum atomic E-state index is -3.54. The van der Waals surface area contributed by atoms with Gasteiger partial charge in [0.05, 0.1) is 4.34 Å². The lowest BCUT2D eigenvalue weighted by Gasteiger charge is -2.32. The zero-order chi connectivity index (χ0) is 15.5. The molecule has 120 valence electrons. The van der Waals surface area contributed by atoms with E-state index in [4.69, 9.17) is 23.2 Å². The molecule has 8 heteroatoms. The predicted octanol–water partition coefficient (Wildman–Crippen LogP) is 3.46. The third-order valence-electron chi connectivity index (χ3n) is 3.58. The Bertz CT molecular complexity index is 575. The first-order valence-corrected chi connectivity index (χ1v) is 10.1. The Morgan fingerprint density at radius 2 is 2.24 bits per heavy atom. The lowest BCUT2D eigenvalue weighted by atomic mass is 10.00. The first-order valence-electron chi connectivity index (χ1n) is 7.11. The van der Waals surface area contributed by atoms with Gasteiger partial charge in [0.2, 0.25) is 10.0 Å². The van der Waals surface area contributed by atoms with E-state index in [2.05, 4.69) is 12.2 Å². The zero-order valence-electron chi connectivity index (χ0n) is 11.9. The van der Waals surface area contributed by atoms with Crippen molar-refractivity contribution in [3.8, 4) is 0 Å². The first kappa shape index (κ1) is 17.5. The van der Waals surface area contributed by atoms with Crippen LogP contribution in [0.1, 0.15) is 26.2 Å². The maximum absolute atomic E-state index is 12.7. The van der Waals surface area contributed by atoms with E-state index in [0.717, 1.165) is 43.7 Å². The molecule has 2 rings (SSSR count). The molecule has 1 N–H and O–H groups in total. The van der Waals surface area contributed by atoms with Crippen LogP contribution in [0.5, 0.6) is 0 Å². The van der Waals surface area contributed by atoms with Crippen LogP contribution >= 0.6 is 34.5 Å². The summed E-state index contributed by atoms with van der Waals surface area (Å²) >= 11 is 13.0. The van der Waals surface area contributed by atoms with Crippen LogP contribution in [0, 0.1) is 5.92 Å². The van der Waals surface area contributed by atoms with Crippen LogP contribution in [-0.2, 0) is 10.0 Å². The second-order valence-corrected chi connectivity index (χ2v) is 9.46. The van der Waals surface area contributed by atoms with Crippen molar-refractivity contribution >= 4 is 44.6 Å². The summed E-state index contributed by atoms with van der Waals surface area (Å²) in [5, 5.41) is 3.37. The van der Waals surface area contributed by atoms with Crippen LogP contribution in [-0.4, -0.2) is 38.9 Å². The standard InChI is InChI=1S/C13H20Cl2N2O2S2/c1-2-5-16-8-10-4-3-6-17(9-10)21(18,19)11-7-12(14)20-13(11)15/h7,10,16H,2-6,8-9H2,1H3. The molecule has 1 aromatic rings. The second kappa shape index (κ2) is 7.62. The molecular weight excluding hydrogens is 351 g/mol. The second-order valence-electron chi connectivity index (χ2n) is 5.26. The van der Waals surface area contributed by atoms with Crippen molar-refractivity contribution < 1.29 is 8.42 Å². The third-order valence-corrected chi connectivity index (χ3v) is 7.20. The average Bonchev–Trinajstić information content (AvgIpc) is 2.79. The van der Waals surface area contributed by atoms with Crippen LogP contribution in [0.15, 0.2) is 11.0 Å². The smallest absolute Gasteiger partial charge is 0.245 e. The topological polar surface area (TPSA) is 49.4 Å². The van der Waals surface area contributed by atoms with Gasteiger partial charge in [0.1, 0.15) is 9.23 Å². The van der Waals surface area contributed by atoms with Crippen molar-refractivity contribution in [2.45, 2.75) is 31.1 Å². The minimum Gasteiger partial charge on any atom is -0.316 e. The van der Waals surface area contributed by atoms with Gasteiger partial charge in [-0.1, -0.05) is 30.1 Å². The van der Waals surface area contributed by atoms with Gasteiger partial charge in [-0.2, -0.15) is 4.31 Å². The summed E-state index contributed by atoms with van der Waals surface area (Å²) < 4.78 is 27.5. The fourth-order valence-corrected chi connectivity index (χ4v) is 6.20. The van der Waals surface area contributed by atoms with Gasteiger partial charge in [-0.15, -0.1) is 11.3 Å². The molecular formula is C13H20Cl2N2O2S2. The summed E-state index contributed by atoms with van der Waals surface area (Å²) in [7, 11) is -3.54. The van der Waals surface area contributed by atoms with Crippen molar-refractivity contribution in [1.29, 1.82) is 0 Å². The SMILES string of the molecule is CCCNCC1CCCN(S(=O)(=O)c2cc(Cl)sc2Cl)C1. The monoisotopic (exact) mass is 370 g/mol. The number of nitrogens with zero attached hydrogens (tertiary/aromatic N) is 1. The number of rotatable bonds is 6. The summed E-state index contributed by atoms with van der Waals surface area (Å²) in [4.78, 5) is 0.140. The Labute approximate surface area is 140 Å². The molecule has 1 unspecified atom stereocenters. The number of hydrogen-bond acceptors (Lipinski definition) is 4. The Hall–Kier alpha value is 0.150. The Morgan fingerprint density at radius 3 is 2.86 bits per heavy atom. The van der Waals surface area contributed by atoms with Crippen molar-refractivity contribution in [3.63, 3.8) is 0 Å². The largest absolute Gasteiger partial charge is 0.316 e. The molecule has 1 aliphatic rings. The molecule has 1 fully saturated rings. The molecule has 0 saturated carbocycles. The highest BCUT2D eigenvalue weighted by Crippen LogP contribution is 2.36. The fourth-order valence-electron chi connectivity index (χ4n) is 2.53. The molecule has 0 aromatic carbocycles. The Morgan fingerprint density at radius 1 is 1.48 bits per heavy atom. The van der Waals surface area contributed by atoms with Crippen molar-refractivity contribution in [2.75, 3.05) is 26.2 Å². The lowest BCUT2D eigenvalue weighted by molar-refractivity contribution is 0.260. The zero-order valence-corrected chi connectivity index (χ0v) is 15.1. The van der Waals surface area contributed by atoms with Gasteiger partial charge >= 0.3 is 0 Å². The van der Waals surface area contributed by atoms with E-state index in [1.54, 1.807) is 4.31 Å². The van der Waals surface area contributed by atoms with E-state index >= 15 is 0 Å². The van der Waals surface area contributed by atoms with Crippen LogP contribution in [0.25, 0.3) is 0 Å². The summed E-state index contributed by atoms with van der Waals surface area (Å²) in [5.74, 6) is 0.355. The Balaban J connectivity index is 2.07. The molecule has 0 bridgehead atoms. The van der Waals surface area contributed by atoms with Crippen LogP contribution in [0.3, 0.4) is 0 Å². The van der Waals surface area contributed by atoms with E-state index < -0.39 is 10.0 Å².